The molecule has 1 amide bonds. The van der Waals surface area contributed by atoms with Crippen LogP contribution >= 0.6 is 0 Å². The topological polar surface area (TPSA) is 111 Å². The smallest absolute Gasteiger partial charge is 0.410 e. The number of esters is 1. The summed E-state index contributed by atoms with van der Waals surface area (Å²) in [6.45, 7) is 6.99. The zero-order valence-corrected chi connectivity index (χ0v) is 16.3. The number of hydrogen-bond donors (Lipinski definition) is 0. The molecule has 0 spiro atoms. The Morgan fingerprint density at radius 2 is 2.00 bits per heavy atom. The van der Waals surface area contributed by atoms with Crippen LogP contribution in [-0.4, -0.2) is 66.9 Å². The molecule has 0 radical (unpaired) electrons. The fourth-order valence-corrected chi connectivity index (χ4v) is 3.32. The van der Waals surface area contributed by atoms with Gasteiger partial charge < -0.3 is 24.0 Å². The zero-order valence-electron chi connectivity index (χ0n) is 16.3. The van der Waals surface area contributed by atoms with E-state index in [0.29, 0.717) is 31.1 Å². The summed E-state index contributed by atoms with van der Waals surface area (Å²) >= 11 is 0. The molecule has 2 aliphatic heterocycles. The Bertz CT molecular complexity index is 818. The van der Waals surface area contributed by atoms with Gasteiger partial charge in [-0.15, -0.1) is 0 Å². The van der Waals surface area contributed by atoms with Crippen LogP contribution in [0.15, 0.2) is 12.1 Å². The molecule has 0 bridgehead atoms. The highest BCUT2D eigenvalue weighted by Crippen LogP contribution is 2.40. The molecule has 28 heavy (non-hydrogen) atoms. The summed E-state index contributed by atoms with van der Waals surface area (Å²) in [7, 11) is 1.17. The first-order chi connectivity index (χ1) is 13.1. The lowest BCUT2D eigenvalue weighted by Gasteiger charge is -2.45. The molecule has 10 nitrogen and oxygen atoms in total. The summed E-state index contributed by atoms with van der Waals surface area (Å²) in [4.78, 5) is 38.6. The first-order valence-corrected chi connectivity index (χ1v) is 8.89. The second-order valence-corrected chi connectivity index (χ2v) is 7.67. The number of amides is 1. The third kappa shape index (κ3) is 3.80. The number of hydrogen-bond acceptors (Lipinski definition) is 8. The second kappa shape index (κ2) is 7.17. The van der Waals surface area contributed by atoms with Gasteiger partial charge in [0.1, 0.15) is 23.5 Å². The van der Waals surface area contributed by atoms with Gasteiger partial charge in [-0.1, -0.05) is 0 Å². The van der Waals surface area contributed by atoms with Crippen molar-refractivity contribution in [3.8, 4) is 5.75 Å². The lowest BCUT2D eigenvalue weighted by molar-refractivity contribution is -0.385. The molecular weight excluding hydrogens is 370 g/mol. The second-order valence-electron chi connectivity index (χ2n) is 7.67. The highest BCUT2D eigenvalue weighted by Gasteiger charge is 2.38. The van der Waals surface area contributed by atoms with Gasteiger partial charge in [-0.05, 0) is 26.8 Å². The van der Waals surface area contributed by atoms with E-state index in [1.165, 1.54) is 19.2 Å². The van der Waals surface area contributed by atoms with E-state index >= 15 is 0 Å². The van der Waals surface area contributed by atoms with Crippen LogP contribution in [-0.2, 0) is 9.47 Å². The van der Waals surface area contributed by atoms with Gasteiger partial charge in [-0.3, -0.25) is 10.1 Å². The number of nitrogens with zero attached hydrogens (tertiary/aromatic N) is 3. The zero-order chi connectivity index (χ0) is 20.6. The van der Waals surface area contributed by atoms with Gasteiger partial charge >= 0.3 is 12.1 Å². The van der Waals surface area contributed by atoms with E-state index in [-0.39, 0.29) is 23.9 Å². The van der Waals surface area contributed by atoms with Crippen LogP contribution in [0.4, 0.5) is 16.2 Å². The largest absolute Gasteiger partial charge is 0.489 e. The van der Waals surface area contributed by atoms with Crippen molar-refractivity contribution >= 4 is 23.4 Å². The fourth-order valence-electron chi connectivity index (χ4n) is 3.32. The number of rotatable bonds is 2. The van der Waals surface area contributed by atoms with E-state index in [2.05, 4.69) is 4.74 Å². The van der Waals surface area contributed by atoms with Gasteiger partial charge in [0, 0.05) is 19.6 Å². The molecule has 0 aromatic heterocycles. The Labute approximate surface area is 162 Å². The van der Waals surface area contributed by atoms with E-state index in [1.807, 2.05) is 25.7 Å². The number of carbonyl (C=O) groups excluding carboxylic acids is 2. The van der Waals surface area contributed by atoms with Crippen molar-refractivity contribution in [1.82, 2.24) is 4.90 Å². The minimum atomic E-state index is -0.788. The molecule has 1 saturated heterocycles. The van der Waals surface area contributed by atoms with Crippen LogP contribution in [0.1, 0.15) is 31.1 Å². The Balaban J connectivity index is 1.86. The number of anilines is 1. The number of benzene rings is 1. The molecule has 0 saturated carbocycles. The quantitative estimate of drug-likeness (QED) is 0.427. The van der Waals surface area contributed by atoms with E-state index in [9.17, 15) is 19.7 Å². The standard InChI is InChI=1S/C18H23N3O7/c1-18(2,3)28-17(23)19-5-6-20-11(9-19)10-27-15-8-13(21(24)25)12(7-14(15)20)16(22)26-4/h7-8,11H,5-6,9-10H2,1-4H3/t11-/m1/s1. The fraction of sp³-hybridized carbons (Fsp3) is 0.556. The molecule has 3 rings (SSSR count). The SMILES string of the molecule is COC(=O)c1cc2c(cc1[N+](=O)[O-])OC[C@H]1CN(C(=O)OC(C)(C)C)CCN21. The molecule has 0 unspecified atom stereocenters. The minimum Gasteiger partial charge on any atom is -0.489 e. The molecule has 1 fully saturated rings. The number of carbonyl (C=O) groups is 2. The van der Waals surface area contributed by atoms with E-state index in [4.69, 9.17) is 9.47 Å². The predicted octanol–water partition coefficient (Wildman–Crippen LogP) is 2.20. The van der Waals surface area contributed by atoms with Gasteiger partial charge in [0.2, 0.25) is 0 Å². The maximum absolute atomic E-state index is 12.3. The van der Waals surface area contributed by atoms with Crippen molar-refractivity contribution in [2.45, 2.75) is 32.4 Å². The first kappa shape index (κ1) is 19.7. The van der Waals surface area contributed by atoms with Crippen LogP contribution in [0.25, 0.3) is 0 Å². The Kier molecular flexibility index (Phi) is 5.05. The molecule has 1 aromatic carbocycles. The molecule has 2 heterocycles. The summed E-state index contributed by atoms with van der Waals surface area (Å²) in [5.41, 5.74) is -0.509. The molecule has 152 valence electrons. The summed E-state index contributed by atoms with van der Waals surface area (Å²) in [5, 5.41) is 11.3. The third-order valence-electron chi connectivity index (χ3n) is 4.55. The summed E-state index contributed by atoms with van der Waals surface area (Å²) in [5.74, 6) is -0.453. The van der Waals surface area contributed by atoms with Crippen LogP contribution in [0.5, 0.6) is 5.75 Å². The minimum absolute atomic E-state index is 0.134. The highest BCUT2D eigenvalue weighted by molar-refractivity contribution is 5.96. The van der Waals surface area contributed by atoms with E-state index in [1.54, 1.807) is 4.90 Å². The lowest BCUT2D eigenvalue weighted by Crippen LogP contribution is -2.59. The molecule has 0 N–H and O–H groups in total. The molecule has 0 aliphatic carbocycles. The molecular formula is C18H23N3O7. The highest BCUT2D eigenvalue weighted by atomic mass is 16.6. The monoisotopic (exact) mass is 393 g/mol. The van der Waals surface area contributed by atoms with Crippen molar-refractivity contribution < 1.29 is 28.7 Å². The number of nitro groups is 1. The normalized spacial score (nSPS) is 18.5. The maximum Gasteiger partial charge on any atom is 0.410 e. The van der Waals surface area contributed by atoms with Crippen LogP contribution < -0.4 is 9.64 Å². The van der Waals surface area contributed by atoms with Gasteiger partial charge in [0.25, 0.3) is 5.69 Å². The number of piperazine rings is 1. The van der Waals surface area contributed by atoms with Gasteiger partial charge in [0.15, 0.2) is 0 Å². The molecule has 10 heteroatoms. The summed E-state index contributed by atoms with van der Waals surface area (Å²) in [6, 6.07) is 2.52. The third-order valence-corrected chi connectivity index (χ3v) is 4.55. The van der Waals surface area contributed by atoms with Crippen LogP contribution in [0.2, 0.25) is 0 Å². The average molecular weight is 393 g/mol. The first-order valence-electron chi connectivity index (χ1n) is 8.89. The van der Waals surface area contributed by atoms with Gasteiger partial charge in [-0.2, -0.15) is 0 Å². The summed E-state index contributed by atoms with van der Waals surface area (Å²) < 4.78 is 15.8. The van der Waals surface area contributed by atoms with E-state index < -0.39 is 22.6 Å². The van der Waals surface area contributed by atoms with Gasteiger partial charge in [-0.25, -0.2) is 9.59 Å². The Morgan fingerprint density at radius 3 is 2.61 bits per heavy atom. The van der Waals surface area contributed by atoms with Crippen molar-refractivity contribution in [2.24, 2.45) is 0 Å². The van der Waals surface area contributed by atoms with Crippen molar-refractivity contribution in [3.63, 3.8) is 0 Å². The number of fused-ring (bicyclic) bond motifs is 3. The van der Waals surface area contributed by atoms with E-state index in [0.717, 1.165) is 0 Å². The van der Waals surface area contributed by atoms with Crippen LogP contribution in [0, 0.1) is 10.1 Å². The molecule has 2 aliphatic rings. The van der Waals surface area contributed by atoms with Gasteiger partial charge in [0.05, 0.1) is 29.8 Å². The molecule has 1 aromatic rings. The molecule has 1 atom stereocenters. The predicted molar refractivity (Wildman–Crippen MR) is 98.9 cm³/mol. The Hall–Kier alpha value is -3.04. The summed E-state index contributed by atoms with van der Waals surface area (Å²) in [6.07, 6.45) is -0.392. The van der Waals surface area contributed by atoms with Crippen molar-refractivity contribution in [3.05, 3.63) is 27.8 Å². The van der Waals surface area contributed by atoms with Crippen LogP contribution in [0.3, 0.4) is 0 Å². The number of ether oxygens (including phenoxy) is 3. The lowest BCUT2D eigenvalue weighted by atomic mass is 10.0. The number of nitro benzene ring substituents is 1. The number of methoxy groups -OCH3 is 1. The average Bonchev–Trinajstić information content (AvgIpc) is 2.64. The maximum atomic E-state index is 12.3. The van der Waals surface area contributed by atoms with Crippen molar-refractivity contribution in [1.29, 1.82) is 0 Å². The van der Waals surface area contributed by atoms with Crippen molar-refractivity contribution in [2.75, 3.05) is 38.3 Å². The Morgan fingerprint density at radius 1 is 1.29 bits per heavy atom.